The van der Waals surface area contributed by atoms with Crippen LogP contribution in [-0.2, 0) is 0 Å². The summed E-state index contributed by atoms with van der Waals surface area (Å²) in [4.78, 5) is 12.5. The van der Waals surface area contributed by atoms with E-state index in [2.05, 4.69) is 56.5 Å². The molecule has 4 nitrogen and oxygen atoms in total. The Hall–Kier alpha value is -1.55. The predicted octanol–water partition coefficient (Wildman–Crippen LogP) is 4.22. The number of amides is 2. The molecule has 23 heavy (non-hydrogen) atoms. The first kappa shape index (κ1) is 17.8. The molecule has 0 spiro atoms. The van der Waals surface area contributed by atoms with E-state index in [9.17, 15) is 9.90 Å². The summed E-state index contributed by atoms with van der Waals surface area (Å²) in [6.45, 7) is 10.4. The fraction of sp³-hybridized carbons (Fsp3) is 0.632. The Morgan fingerprint density at radius 3 is 2.13 bits per heavy atom. The Morgan fingerprint density at radius 1 is 1.22 bits per heavy atom. The lowest BCUT2D eigenvalue weighted by atomic mass is 9.92. The van der Waals surface area contributed by atoms with Gasteiger partial charge >= 0.3 is 6.03 Å². The van der Waals surface area contributed by atoms with Crippen LogP contribution in [0.1, 0.15) is 70.4 Å². The molecule has 3 N–H and O–H groups in total. The summed E-state index contributed by atoms with van der Waals surface area (Å²) < 4.78 is 0. The number of benzene rings is 1. The fourth-order valence-corrected chi connectivity index (χ4v) is 3.09. The summed E-state index contributed by atoms with van der Waals surface area (Å²) in [6.07, 6.45) is 2.13. The van der Waals surface area contributed by atoms with E-state index in [-0.39, 0.29) is 12.6 Å². The van der Waals surface area contributed by atoms with Crippen molar-refractivity contribution in [1.82, 2.24) is 5.32 Å². The van der Waals surface area contributed by atoms with Crippen molar-refractivity contribution in [1.29, 1.82) is 0 Å². The first-order valence-electron chi connectivity index (χ1n) is 8.61. The molecule has 2 amide bonds. The van der Waals surface area contributed by atoms with Crippen LogP contribution in [0.25, 0.3) is 0 Å². The second-order valence-corrected chi connectivity index (χ2v) is 7.55. The van der Waals surface area contributed by atoms with Crippen molar-refractivity contribution in [2.24, 2.45) is 5.92 Å². The Labute approximate surface area is 139 Å². The highest BCUT2D eigenvalue weighted by Gasteiger charge is 2.42. The van der Waals surface area contributed by atoms with Crippen molar-refractivity contribution in [2.45, 2.75) is 64.8 Å². The summed E-state index contributed by atoms with van der Waals surface area (Å²) in [5.41, 5.74) is 2.66. The molecule has 4 heteroatoms. The number of aliphatic hydroxyl groups excluding tert-OH is 1. The average molecular weight is 318 g/mol. The third-order valence-electron chi connectivity index (χ3n) is 4.82. The normalized spacial score (nSPS) is 17.2. The van der Waals surface area contributed by atoms with E-state index in [4.69, 9.17) is 0 Å². The van der Waals surface area contributed by atoms with Crippen LogP contribution in [0.3, 0.4) is 0 Å². The van der Waals surface area contributed by atoms with Gasteiger partial charge in [0.1, 0.15) is 0 Å². The molecular formula is C19H30N2O2. The van der Waals surface area contributed by atoms with Gasteiger partial charge in [-0.1, -0.05) is 45.9 Å². The molecule has 0 heterocycles. The van der Waals surface area contributed by atoms with Crippen molar-refractivity contribution in [3.8, 4) is 0 Å². The van der Waals surface area contributed by atoms with Crippen LogP contribution in [0, 0.1) is 5.92 Å². The smallest absolute Gasteiger partial charge is 0.319 e. The summed E-state index contributed by atoms with van der Waals surface area (Å²) in [6, 6.07) is 5.95. The van der Waals surface area contributed by atoms with Gasteiger partial charge in [0.25, 0.3) is 0 Å². The first-order valence-corrected chi connectivity index (χ1v) is 8.61. The molecular weight excluding hydrogens is 288 g/mol. The molecule has 1 unspecified atom stereocenters. The Bertz CT molecular complexity index is 538. The van der Waals surface area contributed by atoms with Crippen LogP contribution in [0.4, 0.5) is 10.5 Å². The van der Waals surface area contributed by atoms with Crippen LogP contribution < -0.4 is 10.6 Å². The van der Waals surface area contributed by atoms with Crippen LogP contribution in [-0.4, -0.2) is 23.3 Å². The number of carbonyl (C=O) groups excluding carboxylic acids is 1. The van der Waals surface area contributed by atoms with Gasteiger partial charge in [0.05, 0.1) is 12.1 Å². The highest BCUT2D eigenvalue weighted by molar-refractivity contribution is 5.92. The molecule has 1 saturated carbocycles. The summed E-state index contributed by atoms with van der Waals surface area (Å²) in [7, 11) is 0. The molecule has 1 aromatic rings. The summed E-state index contributed by atoms with van der Waals surface area (Å²) >= 11 is 0. The zero-order chi connectivity index (χ0) is 17.2. The number of anilines is 1. The summed E-state index contributed by atoms with van der Waals surface area (Å²) in [5, 5.41) is 15.7. The van der Waals surface area contributed by atoms with Gasteiger partial charge < -0.3 is 15.7 Å². The summed E-state index contributed by atoms with van der Waals surface area (Å²) in [5.74, 6) is 1.04. The molecule has 1 aliphatic rings. The van der Waals surface area contributed by atoms with Gasteiger partial charge in [-0.2, -0.15) is 0 Å². The topological polar surface area (TPSA) is 61.4 Å². The predicted molar refractivity (Wildman–Crippen MR) is 95.0 cm³/mol. The maximum atomic E-state index is 12.5. The van der Waals surface area contributed by atoms with E-state index < -0.39 is 5.54 Å². The van der Waals surface area contributed by atoms with Crippen molar-refractivity contribution in [3.05, 3.63) is 29.3 Å². The van der Waals surface area contributed by atoms with E-state index in [0.29, 0.717) is 17.8 Å². The van der Waals surface area contributed by atoms with Gasteiger partial charge in [0.15, 0.2) is 0 Å². The monoisotopic (exact) mass is 318 g/mol. The highest BCUT2D eigenvalue weighted by Crippen LogP contribution is 2.39. The quantitative estimate of drug-likeness (QED) is 0.735. The van der Waals surface area contributed by atoms with E-state index in [1.807, 2.05) is 6.92 Å². The number of carbonyl (C=O) groups is 1. The molecule has 1 fully saturated rings. The van der Waals surface area contributed by atoms with Crippen molar-refractivity contribution in [2.75, 3.05) is 11.9 Å². The minimum Gasteiger partial charge on any atom is -0.394 e. The van der Waals surface area contributed by atoms with Gasteiger partial charge in [-0.3, -0.25) is 0 Å². The average Bonchev–Trinajstić information content (AvgIpc) is 3.31. The van der Waals surface area contributed by atoms with Gasteiger partial charge in [-0.05, 0) is 48.6 Å². The number of hydrogen-bond acceptors (Lipinski definition) is 2. The number of nitrogens with one attached hydrogen (secondary N) is 2. The van der Waals surface area contributed by atoms with E-state index in [1.54, 1.807) is 0 Å². The Morgan fingerprint density at radius 2 is 1.74 bits per heavy atom. The molecule has 128 valence electrons. The molecule has 0 bridgehead atoms. The van der Waals surface area contributed by atoms with Crippen LogP contribution in [0.15, 0.2) is 18.2 Å². The maximum Gasteiger partial charge on any atom is 0.319 e. The molecule has 0 aliphatic heterocycles. The number of aliphatic hydroxyl groups is 1. The lowest BCUT2D eigenvalue weighted by Crippen LogP contribution is -2.52. The second-order valence-electron chi connectivity index (χ2n) is 7.55. The third-order valence-corrected chi connectivity index (χ3v) is 4.82. The lowest BCUT2D eigenvalue weighted by Gasteiger charge is -2.29. The number of urea groups is 1. The molecule has 2 rings (SSSR count). The van der Waals surface area contributed by atoms with Gasteiger partial charge in [0, 0.05) is 5.69 Å². The van der Waals surface area contributed by atoms with E-state index >= 15 is 0 Å². The zero-order valence-electron chi connectivity index (χ0n) is 14.9. The van der Waals surface area contributed by atoms with Crippen LogP contribution >= 0.6 is 0 Å². The molecule has 1 aromatic carbocycles. The van der Waals surface area contributed by atoms with Crippen molar-refractivity contribution < 1.29 is 9.90 Å². The minimum absolute atomic E-state index is 0.0338. The van der Waals surface area contributed by atoms with Gasteiger partial charge in [-0.15, -0.1) is 0 Å². The molecule has 0 aromatic heterocycles. The highest BCUT2D eigenvalue weighted by atomic mass is 16.3. The molecule has 1 atom stereocenters. The Balaban J connectivity index is 2.22. The van der Waals surface area contributed by atoms with Gasteiger partial charge in [-0.25, -0.2) is 4.79 Å². The van der Waals surface area contributed by atoms with Crippen molar-refractivity contribution >= 4 is 11.7 Å². The van der Waals surface area contributed by atoms with E-state index in [1.165, 1.54) is 0 Å². The lowest BCUT2D eigenvalue weighted by molar-refractivity contribution is 0.159. The van der Waals surface area contributed by atoms with Crippen LogP contribution in [0.2, 0.25) is 0 Å². The van der Waals surface area contributed by atoms with Crippen LogP contribution in [0.5, 0.6) is 0 Å². The maximum absolute atomic E-state index is 12.5. The zero-order valence-corrected chi connectivity index (χ0v) is 14.9. The molecule has 0 radical (unpaired) electrons. The molecule has 0 saturated heterocycles. The van der Waals surface area contributed by atoms with E-state index in [0.717, 1.165) is 29.7 Å². The number of hydrogen-bond donors (Lipinski definition) is 3. The van der Waals surface area contributed by atoms with Gasteiger partial charge in [0.2, 0.25) is 0 Å². The number of para-hydroxylation sites is 1. The second kappa shape index (κ2) is 6.91. The fourth-order valence-electron chi connectivity index (χ4n) is 3.09. The SMILES string of the molecule is CC(C)c1cccc(C(C)C)c1NC(=O)NC(C)(CO)C1CC1. The third kappa shape index (κ3) is 4.05. The Kier molecular flexibility index (Phi) is 5.35. The van der Waals surface area contributed by atoms with Crippen molar-refractivity contribution in [3.63, 3.8) is 0 Å². The first-order chi connectivity index (χ1) is 10.8. The standard InChI is InChI=1S/C19H30N2O2/c1-12(2)15-7-6-8-16(13(3)4)17(15)20-18(23)21-19(5,11-22)14-9-10-14/h6-8,12-14,22H,9-11H2,1-5H3,(H2,20,21,23). The number of rotatable bonds is 6. The minimum atomic E-state index is -0.533. The largest absolute Gasteiger partial charge is 0.394 e. The molecule has 1 aliphatic carbocycles.